The summed E-state index contributed by atoms with van der Waals surface area (Å²) in [6.07, 6.45) is -3.62. The van der Waals surface area contributed by atoms with Crippen molar-refractivity contribution in [3.8, 4) is 0 Å². The van der Waals surface area contributed by atoms with Crippen molar-refractivity contribution in [3.63, 3.8) is 0 Å². The maximum Gasteiger partial charge on any atom is 0.410 e. The van der Waals surface area contributed by atoms with E-state index in [1.807, 2.05) is 60.7 Å². The Morgan fingerprint density at radius 3 is 2.11 bits per heavy atom. The second-order valence-corrected chi connectivity index (χ2v) is 9.06. The first-order valence-electron chi connectivity index (χ1n) is 11.4. The lowest BCUT2D eigenvalue weighted by atomic mass is 9.96. The van der Waals surface area contributed by atoms with Crippen LogP contribution in [0.1, 0.15) is 51.6 Å². The molecule has 184 valence electrons. The molecule has 0 spiro atoms. The van der Waals surface area contributed by atoms with Gasteiger partial charge in [0.05, 0.1) is 18.3 Å². The summed E-state index contributed by atoms with van der Waals surface area (Å²) in [5, 5.41) is 10.6. The van der Waals surface area contributed by atoms with E-state index in [1.165, 1.54) is 6.20 Å². The highest BCUT2D eigenvalue weighted by molar-refractivity contribution is 6.30. The van der Waals surface area contributed by atoms with Crippen molar-refractivity contribution in [1.82, 2.24) is 15.1 Å². The van der Waals surface area contributed by atoms with Gasteiger partial charge in [-0.25, -0.2) is 4.68 Å². The number of carbonyl (C=O) groups is 1. The number of amides is 1. The van der Waals surface area contributed by atoms with Gasteiger partial charge in [-0.3, -0.25) is 4.79 Å². The molecule has 3 aromatic carbocycles. The van der Waals surface area contributed by atoms with E-state index in [0.717, 1.165) is 15.8 Å². The summed E-state index contributed by atoms with van der Waals surface area (Å²) in [5.74, 6) is -0.500. The van der Waals surface area contributed by atoms with Gasteiger partial charge in [0.1, 0.15) is 11.4 Å². The van der Waals surface area contributed by atoms with Gasteiger partial charge in [0.25, 0.3) is 5.91 Å². The van der Waals surface area contributed by atoms with E-state index < -0.39 is 30.2 Å². The third-order valence-electron chi connectivity index (χ3n) is 6.30. The van der Waals surface area contributed by atoms with Gasteiger partial charge in [-0.1, -0.05) is 84.4 Å². The van der Waals surface area contributed by atoms with Gasteiger partial charge in [0.2, 0.25) is 0 Å². The summed E-state index contributed by atoms with van der Waals surface area (Å²) in [7, 11) is 0. The maximum absolute atomic E-state index is 14.0. The van der Waals surface area contributed by atoms with Crippen LogP contribution in [0, 0.1) is 0 Å². The summed E-state index contributed by atoms with van der Waals surface area (Å²) in [5.41, 5.74) is 2.37. The highest BCUT2D eigenvalue weighted by atomic mass is 35.5. The second kappa shape index (κ2) is 9.70. The van der Waals surface area contributed by atoms with E-state index in [0.29, 0.717) is 10.6 Å². The van der Waals surface area contributed by atoms with E-state index in [2.05, 4.69) is 15.7 Å². The molecule has 1 aliphatic heterocycles. The lowest BCUT2D eigenvalue weighted by Gasteiger charge is -2.34. The Labute approximate surface area is 210 Å². The molecule has 0 saturated heterocycles. The zero-order valence-corrected chi connectivity index (χ0v) is 19.7. The van der Waals surface area contributed by atoms with Crippen LogP contribution < -0.4 is 10.6 Å². The van der Waals surface area contributed by atoms with Gasteiger partial charge >= 0.3 is 6.18 Å². The van der Waals surface area contributed by atoms with E-state index in [9.17, 15) is 18.0 Å². The molecule has 9 heteroatoms. The maximum atomic E-state index is 14.0. The first-order chi connectivity index (χ1) is 17.3. The van der Waals surface area contributed by atoms with Crippen LogP contribution in [0.5, 0.6) is 0 Å². The smallest absolute Gasteiger partial charge is 0.363 e. The molecule has 1 amide bonds. The number of nitrogens with zero attached hydrogens (tertiary/aromatic N) is 2. The fraction of sp³-hybridized carbons (Fsp3) is 0.185. The molecule has 2 heterocycles. The van der Waals surface area contributed by atoms with Crippen molar-refractivity contribution in [2.45, 2.75) is 30.7 Å². The van der Waals surface area contributed by atoms with Gasteiger partial charge in [0.15, 0.2) is 6.04 Å². The molecule has 36 heavy (non-hydrogen) atoms. The van der Waals surface area contributed by atoms with Crippen LogP contribution in [0.25, 0.3) is 0 Å². The number of fused-ring (bicyclic) bond motifs is 1. The largest absolute Gasteiger partial charge is 0.410 e. The lowest BCUT2D eigenvalue weighted by Crippen LogP contribution is -2.37. The van der Waals surface area contributed by atoms with Gasteiger partial charge in [0, 0.05) is 11.4 Å². The molecule has 5 nitrogen and oxygen atoms in total. The molecule has 0 fully saturated rings. The number of hydrogen-bond donors (Lipinski definition) is 2. The van der Waals surface area contributed by atoms with E-state index in [4.69, 9.17) is 11.6 Å². The fourth-order valence-corrected chi connectivity index (χ4v) is 4.63. The molecule has 0 bridgehead atoms. The van der Waals surface area contributed by atoms with Crippen LogP contribution in [0.2, 0.25) is 5.02 Å². The number of benzene rings is 3. The minimum Gasteiger partial charge on any atom is -0.363 e. The highest BCUT2D eigenvalue weighted by Crippen LogP contribution is 2.44. The van der Waals surface area contributed by atoms with Crippen LogP contribution in [0.15, 0.2) is 91.1 Å². The zero-order valence-electron chi connectivity index (χ0n) is 18.9. The molecule has 5 rings (SSSR count). The number of hydrogen-bond acceptors (Lipinski definition) is 3. The molecular formula is C27H22ClF3N4O. The molecule has 2 atom stereocenters. The first kappa shape index (κ1) is 23.9. The van der Waals surface area contributed by atoms with Gasteiger partial charge in [-0.2, -0.15) is 18.3 Å². The third-order valence-corrected chi connectivity index (χ3v) is 6.55. The molecule has 4 aromatic rings. The van der Waals surface area contributed by atoms with E-state index in [1.54, 1.807) is 24.3 Å². The molecule has 1 aliphatic rings. The molecule has 1 aromatic heterocycles. The first-order valence-corrected chi connectivity index (χ1v) is 11.8. The second-order valence-electron chi connectivity index (χ2n) is 8.62. The number of alkyl halides is 3. The number of anilines is 1. The molecule has 0 saturated carbocycles. The zero-order chi connectivity index (χ0) is 25.3. The van der Waals surface area contributed by atoms with E-state index in [-0.39, 0.29) is 17.8 Å². The number of nitrogens with one attached hydrogen (secondary N) is 2. The normalized spacial score (nSPS) is 17.4. The van der Waals surface area contributed by atoms with Crippen molar-refractivity contribution >= 4 is 23.3 Å². The van der Waals surface area contributed by atoms with Gasteiger partial charge < -0.3 is 10.6 Å². The third kappa shape index (κ3) is 4.81. The molecule has 0 aliphatic carbocycles. The minimum absolute atomic E-state index is 0.0286. The van der Waals surface area contributed by atoms with Crippen molar-refractivity contribution < 1.29 is 18.0 Å². The predicted molar refractivity (Wildman–Crippen MR) is 132 cm³/mol. The van der Waals surface area contributed by atoms with Crippen molar-refractivity contribution in [2.24, 2.45) is 0 Å². The lowest BCUT2D eigenvalue weighted by molar-refractivity contribution is -0.173. The topological polar surface area (TPSA) is 59.0 Å². The molecule has 0 radical (unpaired) electrons. The van der Waals surface area contributed by atoms with Crippen LogP contribution in [0.4, 0.5) is 19.0 Å². The highest BCUT2D eigenvalue weighted by Gasteiger charge is 2.47. The number of halogens is 4. The van der Waals surface area contributed by atoms with Crippen molar-refractivity contribution in [1.29, 1.82) is 0 Å². The Morgan fingerprint density at radius 2 is 1.56 bits per heavy atom. The molecule has 2 N–H and O–H groups in total. The van der Waals surface area contributed by atoms with Crippen LogP contribution >= 0.6 is 11.6 Å². The Morgan fingerprint density at radius 1 is 0.972 bits per heavy atom. The van der Waals surface area contributed by atoms with Crippen molar-refractivity contribution in [2.75, 3.05) is 5.32 Å². The number of rotatable bonds is 5. The average Bonchev–Trinajstić information content (AvgIpc) is 3.31. The van der Waals surface area contributed by atoms with Crippen LogP contribution in [0.3, 0.4) is 0 Å². The Balaban J connectivity index is 1.50. The predicted octanol–water partition coefficient (Wildman–Crippen LogP) is 6.72. The fourth-order valence-electron chi connectivity index (χ4n) is 4.50. The molecule has 2 unspecified atom stereocenters. The Bertz CT molecular complexity index is 1300. The van der Waals surface area contributed by atoms with Gasteiger partial charge in [-0.15, -0.1) is 0 Å². The number of carbonyl (C=O) groups excluding carboxylic acids is 1. The van der Waals surface area contributed by atoms with Crippen molar-refractivity contribution in [3.05, 3.63) is 118 Å². The van der Waals surface area contributed by atoms with Gasteiger partial charge in [-0.05, 0) is 28.8 Å². The monoisotopic (exact) mass is 510 g/mol. The summed E-state index contributed by atoms with van der Waals surface area (Å²) in [4.78, 5) is 13.5. The standard InChI is InChI=1S/C27H22ClF3N4O/c28-20-13-11-17(12-14-20)22-15-23(27(29,30)31)35-25(33-22)21(16-32-35)26(36)34-24(18-7-3-1-4-8-18)19-9-5-2-6-10-19/h1-14,16,22-24,33H,15H2,(H,34,36). The summed E-state index contributed by atoms with van der Waals surface area (Å²) in [6, 6.07) is 22.3. The average molecular weight is 511 g/mol. The summed E-state index contributed by atoms with van der Waals surface area (Å²) >= 11 is 5.96. The SMILES string of the molecule is O=C(NC(c1ccccc1)c1ccccc1)c1cnn2c1NC(c1ccc(Cl)cc1)CC2C(F)(F)F. The Kier molecular flexibility index (Phi) is 6.45. The van der Waals surface area contributed by atoms with Crippen LogP contribution in [-0.4, -0.2) is 21.9 Å². The van der Waals surface area contributed by atoms with E-state index >= 15 is 0 Å². The quantitative estimate of drug-likeness (QED) is 0.313. The minimum atomic E-state index is -4.54. The summed E-state index contributed by atoms with van der Waals surface area (Å²) in [6.45, 7) is 0. The van der Waals surface area contributed by atoms with Crippen LogP contribution in [-0.2, 0) is 0 Å². The Hall–Kier alpha value is -3.78. The molecular weight excluding hydrogens is 489 g/mol. The summed E-state index contributed by atoms with van der Waals surface area (Å²) < 4.78 is 42.9. The number of aromatic nitrogens is 2.